The Morgan fingerprint density at radius 2 is 1.92 bits per heavy atom. The summed E-state index contributed by atoms with van der Waals surface area (Å²) in [5.74, 6) is -0.643. The van der Waals surface area contributed by atoms with Gasteiger partial charge in [-0.15, -0.1) is 6.58 Å². The fourth-order valence-corrected chi connectivity index (χ4v) is 5.06. The van der Waals surface area contributed by atoms with Gasteiger partial charge < -0.3 is 24.9 Å². The van der Waals surface area contributed by atoms with Gasteiger partial charge in [0, 0.05) is 37.8 Å². The highest BCUT2D eigenvalue weighted by atomic mass is 28.3. The molecular weight excluding hydrogens is 512 g/mol. The Bertz CT molecular complexity index is 1300. The number of aliphatic carboxylic acids is 1. The van der Waals surface area contributed by atoms with Crippen LogP contribution in [0, 0.1) is 0 Å². The lowest BCUT2D eigenvalue weighted by atomic mass is 9.77. The van der Waals surface area contributed by atoms with E-state index < -0.39 is 25.6 Å². The van der Waals surface area contributed by atoms with Gasteiger partial charge in [0.25, 0.3) is 0 Å². The van der Waals surface area contributed by atoms with E-state index in [1.165, 1.54) is 7.11 Å². The molecule has 39 heavy (non-hydrogen) atoms. The smallest absolute Gasteiger partial charge is 0.411 e. The molecule has 0 saturated carbocycles. The summed E-state index contributed by atoms with van der Waals surface area (Å²) >= 11 is 0. The van der Waals surface area contributed by atoms with Crippen molar-refractivity contribution < 1.29 is 24.2 Å². The summed E-state index contributed by atoms with van der Waals surface area (Å²) < 4.78 is 12.5. The van der Waals surface area contributed by atoms with Crippen molar-refractivity contribution in [2.75, 3.05) is 24.8 Å². The number of allylic oxidation sites excluding steroid dienone is 1. The second kappa shape index (κ2) is 12.8. The number of hydrogen-bond donors (Lipinski definition) is 3. The second-order valence-electron chi connectivity index (χ2n) is 10.7. The summed E-state index contributed by atoms with van der Waals surface area (Å²) in [6, 6.07) is 15.5. The quantitative estimate of drug-likeness (QED) is 0.107. The number of nitrogen functional groups attached to an aromatic ring is 1. The van der Waals surface area contributed by atoms with E-state index in [1.54, 1.807) is 35.0 Å². The molecule has 1 amide bonds. The molecule has 4 N–H and O–H groups in total. The number of benzene rings is 2. The highest BCUT2D eigenvalue weighted by Crippen LogP contribution is 2.36. The summed E-state index contributed by atoms with van der Waals surface area (Å²) in [5.41, 5.74) is 7.78. The first-order chi connectivity index (χ1) is 18.5. The number of ether oxygens (including phenoxy) is 2. The fourth-order valence-electron chi connectivity index (χ4n) is 4.30. The zero-order chi connectivity index (χ0) is 28.6. The lowest BCUT2D eigenvalue weighted by molar-refractivity contribution is -0.144. The van der Waals surface area contributed by atoms with Gasteiger partial charge in [0.05, 0.1) is 12.8 Å². The average Bonchev–Trinajstić information content (AvgIpc) is 3.30. The fraction of sp³-hybridized carbons (Fsp3) is 0.345. The summed E-state index contributed by atoms with van der Waals surface area (Å²) in [6.07, 6.45) is 3.16. The Hall–Kier alpha value is -3.89. The standard InChI is InChI=1S/C29H38N4O5Si/c1-6-14-29(27(34)35,18-21-10-8-7-9-11-21)26-32-25(19-33(26)20-38-15-16-39(3,4)5)23-13-12-22(17-24(23)30)31-28(36)37-2/h6-13,17,19H,1,14-16,18,20,30H2,2-5H3,(H,31,36)(H,34,35). The van der Waals surface area contributed by atoms with Gasteiger partial charge in [-0.2, -0.15) is 0 Å². The number of nitrogens with two attached hydrogens (primary N) is 1. The molecule has 1 unspecified atom stereocenters. The Labute approximate surface area is 230 Å². The molecule has 0 spiro atoms. The molecule has 1 atom stereocenters. The zero-order valence-corrected chi connectivity index (χ0v) is 24.1. The van der Waals surface area contributed by atoms with E-state index in [-0.39, 0.29) is 19.6 Å². The number of nitrogens with zero attached hydrogens (tertiary/aromatic N) is 2. The number of carbonyl (C=O) groups excluding carboxylic acids is 1. The van der Waals surface area contributed by atoms with Crippen molar-refractivity contribution in [2.24, 2.45) is 0 Å². The van der Waals surface area contributed by atoms with Crippen molar-refractivity contribution in [1.29, 1.82) is 0 Å². The number of carboxylic acid groups (broad SMARTS) is 1. The van der Waals surface area contributed by atoms with Crippen LogP contribution >= 0.6 is 0 Å². The Kier molecular flexibility index (Phi) is 9.71. The predicted octanol–water partition coefficient (Wildman–Crippen LogP) is 5.76. The van der Waals surface area contributed by atoms with E-state index in [4.69, 9.17) is 15.5 Å². The van der Waals surface area contributed by atoms with Crippen LogP contribution in [0.2, 0.25) is 25.7 Å². The van der Waals surface area contributed by atoms with Crippen LogP contribution in [0.3, 0.4) is 0 Å². The van der Waals surface area contributed by atoms with Gasteiger partial charge >= 0.3 is 12.1 Å². The topological polar surface area (TPSA) is 129 Å². The first kappa shape index (κ1) is 29.7. The third-order valence-electron chi connectivity index (χ3n) is 6.44. The number of nitrogens with one attached hydrogen (secondary N) is 1. The lowest BCUT2D eigenvalue weighted by Crippen LogP contribution is -2.40. The van der Waals surface area contributed by atoms with E-state index in [0.29, 0.717) is 35.1 Å². The van der Waals surface area contributed by atoms with Crippen molar-refractivity contribution in [3.63, 3.8) is 0 Å². The molecule has 0 aliphatic carbocycles. The maximum Gasteiger partial charge on any atom is 0.411 e. The minimum atomic E-state index is -1.38. The van der Waals surface area contributed by atoms with Gasteiger partial charge in [-0.25, -0.2) is 9.78 Å². The number of anilines is 2. The minimum Gasteiger partial charge on any atom is -0.480 e. The number of carboxylic acids is 1. The molecule has 2 aromatic carbocycles. The summed E-state index contributed by atoms with van der Waals surface area (Å²) in [5, 5.41) is 13.2. The van der Waals surface area contributed by atoms with Crippen molar-refractivity contribution >= 4 is 31.5 Å². The Morgan fingerprint density at radius 3 is 2.51 bits per heavy atom. The van der Waals surface area contributed by atoms with Crippen LogP contribution in [-0.4, -0.2) is 48.5 Å². The van der Waals surface area contributed by atoms with Crippen molar-refractivity contribution in [3.05, 3.63) is 78.8 Å². The van der Waals surface area contributed by atoms with E-state index in [9.17, 15) is 14.7 Å². The van der Waals surface area contributed by atoms with Gasteiger partial charge in [-0.05, 0) is 42.6 Å². The molecule has 0 bridgehead atoms. The number of hydrogen-bond acceptors (Lipinski definition) is 6. The average molecular weight is 551 g/mol. The molecular formula is C29H38N4O5Si. The molecule has 0 aliphatic heterocycles. The van der Waals surface area contributed by atoms with E-state index in [2.05, 4.69) is 36.3 Å². The van der Waals surface area contributed by atoms with Crippen LogP contribution in [-0.2, 0) is 32.8 Å². The van der Waals surface area contributed by atoms with Crippen molar-refractivity contribution in [3.8, 4) is 11.3 Å². The van der Waals surface area contributed by atoms with Crippen LogP contribution in [0.15, 0.2) is 67.4 Å². The first-order valence-electron chi connectivity index (χ1n) is 12.8. The van der Waals surface area contributed by atoms with Gasteiger partial charge in [0.2, 0.25) is 0 Å². The first-order valence-corrected chi connectivity index (χ1v) is 16.5. The molecule has 0 radical (unpaired) electrons. The molecule has 3 aromatic rings. The van der Waals surface area contributed by atoms with Crippen LogP contribution < -0.4 is 11.1 Å². The van der Waals surface area contributed by atoms with Crippen LogP contribution in [0.4, 0.5) is 16.2 Å². The van der Waals surface area contributed by atoms with Crippen LogP contribution in [0.1, 0.15) is 17.8 Å². The third-order valence-corrected chi connectivity index (χ3v) is 8.15. The molecule has 3 rings (SSSR count). The van der Waals surface area contributed by atoms with E-state index in [0.717, 1.165) is 11.6 Å². The summed E-state index contributed by atoms with van der Waals surface area (Å²) in [7, 11) is -0.0366. The number of carbonyl (C=O) groups is 2. The summed E-state index contributed by atoms with van der Waals surface area (Å²) in [4.78, 5) is 29.5. The predicted molar refractivity (Wildman–Crippen MR) is 156 cm³/mol. The SMILES string of the molecule is C=CCC(Cc1ccccc1)(C(=O)O)c1nc(-c2ccc(NC(=O)OC)cc2N)cn1COCC[Si](C)(C)C. The normalized spacial score (nSPS) is 12.9. The monoisotopic (exact) mass is 550 g/mol. The largest absolute Gasteiger partial charge is 0.480 e. The Balaban J connectivity index is 2.09. The van der Waals surface area contributed by atoms with Crippen molar-refractivity contribution in [2.45, 2.75) is 50.7 Å². The minimum absolute atomic E-state index is 0.148. The molecule has 0 saturated heterocycles. The molecule has 1 aromatic heterocycles. The number of aromatic nitrogens is 2. The summed E-state index contributed by atoms with van der Waals surface area (Å²) in [6.45, 7) is 11.4. The number of rotatable bonds is 13. The van der Waals surface area contributed by atoms with Gasteiger partial charge in [-0.1, -0.05) is 56.0 Å². The van der Waals surface area contributed by atoms with Gasteiger partial charge in [-0.3, -0.25) is 10.1 Å². The molecule has 0 fully saturated rings. The zero-order valence-electron chi connectivity index (χ0n) is 23.1. The number of amides is 1. The molecule has 208 valence electrons. The number of imidazole rings is 1. The third kappa shape index (κ3) is 7.58. The Morgan fingerprint density at radius 1 is 1.21 bits per heavy atom. The maximum atomic E-state index is 13.0. The second-order valence-corrected chi connectivity index (χ2v) is 16.3. The van der Waals surface area contributed by atoms with E-state index in [1.807, 2.05) is 30.3 Å². The molecule has 9 nitrogen and oxygen atoms in total. The maximum absolute atomic E-state index is 13.0. The highest BCUT2D eigenvalue weighted by Gasteiger charge is 2.44. The van der Waals surface area contributed by atoms with Crippen LogP contribution in [0.25, 0.3) is 11.3 Å². The molecule has 0 aliphatic rings. The van der Waals surface area contributed by atoms with Gasteiger partial charge in [0.1, 0.15) is 18.0 Å². The van der Waals surface area contributed by atoms with Crippen LogP contribution in [0.5, 0.6) is 0 Å². The molecule has 10 heteroatoms. The highest BCUT2D eigenvalue weighted by molar-refractivity contribution is 6.76. The van der Waals surface area contributed by atoms with Gasteiger partial charge in [0.15, 0.2) is 0 Å². The number of methoxy groups -OCH3 is 1. The molecule has 1 heterocycles. The van der Waals surface area contributed by atoms with E-state index >= 15 is 0 Å². The lowest BCUT2D eigenvalue weighted by Gasteiger charge is -2.29. The van der Waals surface area contributed by atoms with Crippen molar-refractivity contribution in [1.82, 2.24) is 9.55 Å².